The number of nitro groups is 1. The number of rotatable bonds is 7. The van der Waals surface area contributed by atoms with Crippen LogP contribution in [-0.4, -0.2) is 48.6 Å². The van der Waals surface area contributed by atoms with Crippen molar-refractivity contribution in [1.82, 2.24) is 20.3 Å². The Kier molecular flexibility index (Phi) is 5.88. The number of aliphatic hydroxyl groups is 2. The molecule has 32 heavy (non-hydrogen) atoms. The number of nitrogens with one attached hydrogen (secondary N) is 2. The number of carbonyl (C=O) groups is 1. The molecule has 0 spiro atoms. The number of aromatic nitrogens is 3. The highest BCUT2D eigenvalue weighted by atomic mass is 16.6. The summed E-state index contributed by atoms with van der Waals surface area (Å²) in [6, 6.07) is 12.9. The fraction of sp³-hybridized carbons (Fsp3) is 0.136. The van der Waals surface area contributed by atoms with Gasteiger partial charge < -0.3 is 20.5 Å². The Balaban J connectivity index is 1.58. The summed E-state index contributed by atoms with van der Waals surface area (Å²) in [5.41, 5.74) is 2.38. The summed E-state index contributed by atoms with van der Waals surface area (Å²) < 4.78 is 0. The van der Waals surface area contributed by atoms with Crippen molar-refractivity contribution in [1.29, 1.82) is 0 Å². The van der Waals surface area contributed by atoms with Crippen LogP contribution in [0.15, 0.2) is 67.0 Å². The minimum Gasteiger partial charge on any atom is -0.394 e. The number of amides is 1. The molecule has 0 fully saturated rings. The van der Waals surface area contributed by atoms with Gasteiger partial charge >= 0.3 is 0 Å². The number of hydrogen-bond donors (Lipinski definition) is 4. The van der Waals surface area contributed by atoms with Crippen molar-refractivity contribution >= 4 is 22.6 Å². The van der Waals surface area contributed by atoms with Crippen LogP contribution in [-0.2, 0) is 0 Å². The van der Waals surface area contributed by atoms with E-state index < -0.39 is 29.6 Å². The van der Waals surface area contributed by atoms with Crippen LogP contribution in [0.25, 0.3) is 22.4 Å². The molecule has 0 saturated heterocycles. The van der Waals surface area contributed by atoms with Gasteiger partial charge in [-0.2, -0.15) is 0 Å². The van der Waals surface area contributed by atoms with E-state index in [1.807, 2.05) is 0 Å². The lowest BCUT2D eigenvalue weighted by atomic mass is 10.0. The van der Waals surface area contributed by atoms with E-state index in [2.05, 4.69) is 20.3 Å². The summed E-state index contributed by atoms with van der Waals surface area (Å²) in [6.45, 7) is -0.539. The summed E-state index contributed by atoms with van der Waals surface area (Å²) in [5.74, 6) is 0.0515. The van der Waals surface area contributed by atoms with E-state index in [0.29, 0.717) is 22.4 Å². The zero-order valence-electron chi connectivity index (χ0n) is 16.7. The highest BCUT2D eigenvalue weighted by Gasteiger charge is 2.25. The van der Waals surface area contributed by atoms with E-state index in [0.717, 1.165) is 5.56 Å². The predicted molar refractivity (Wildman–Crippen MR) is 116 cm³/mol. The minimum absolute atomic E-state index is 0.124. The second kappa shape index (κ2) is 8.92. The van der Waals surface area contributed by atoms with Crippen molar-refractivity contribution < 1.29 is 19.9 Å². The Labute approximate surface area is 181 Å². The summed E-state index contributed by atoms with van der Waals surface area (Å²) >= 11 is 0. The Morgan fingerprint density at radius 1 is 1.12 bits per heavy atom. The van der Waals surface area contributed by atoms with Gasteiger partial charge in [-0.05, 0) is 42.0 Å². The van der Waals surface area contributed by atoms with Crippen LogP contribution in [0.5, 0.6) is 0 Å². The number of fused-ring (bicyclic) bond motifs is 1. The zero-order valence-corrected chi connectivity index (χ0v) is 16.7. The van der Waals surface area contributed by atoms with Crippen molar-refractivity contribution in [2.45, 2.75) is 12.1 Å². The van der Waals surface area contributed by atoms with E-state index in [1.165, 1.54) is 24.3 Å². The number of benzene rings is 2. The first kappa shape index (κ1) is 21.1. The molecule has 162 valence electrons. The molecule has 2 heterocycles. The lowest BCUT2D eigenvalue weighted by molar-refractivity contribution is -0.384. The van der Waals surface area contributed by atoms with Gasteiger partial charge in [0, 0.05) is 30.1 Å². The van der Waals surface area contributed by atoms with Gasteiger partial charge in [-0.1, -0.05) is 6.07 Å². The molecule has 2 aromatic heterocycles. The second-order valence-electron chi connectivity index (χ2n) is 7.08. The Hall–Kier alpha value is -4.15. The molecule has 4 aromatic rings. The summed E-state index contributed by atoms with van der Waals surface area (Å²) in [6.07, 6.45) is 2.01. The number of pyridine rings is 1. The molecular weight excluding hydrogens is 414 g/mol. The van der Waals surface area contributed by atoms with Gasteiger partial charge in [0.1, 0.15) is 17.4 Å². The van der Waals surface area contributed by atoms with Crippen LogP contribution in [0.1, 0.15) is 22.0 Å². The minimum atomic E-state index is -1.27. The van der Waals surface area contributed by atoms with Crippen molar-refractivity contribution in [2.24, 2.45) is 0 Å². The molecule has 0 saturated carbocycles. The van der Waals surface area contributed by atoms with Crippen LogP contribution in [0, 0.1) is 10.1 Å². The largest absolute Gasteiger partial charge is 0.394 e. The fourth-order valence-corrected chi connectivity index (χ4v) is 3.36. The number of carbonyl (C=O) groups excluding carboxylic acids is 1. The number of nitrogens with zero attached hydrogens (tertiary/aromatic N) is 3. The first-order valence-electron chi connectivity index (χ1n) is 9.71. The zero-order chi connectivity index (χ0) is 22.7. The summed E-state index contributed by atoms with van der Waals surface area (Å²) in [5, 5.41) is 33.8. The van der Waals surface area contributed by atoms with Gasteiger partial charge in [-0.15, -0.1) is 0 Å². The first-order chi connectivity index (χ1) is 15.5. The molecule has 10 nitrogen and oxygen atoms in total. The molecule has 2 atom stereocenters. The molecule has 0 bridgehead atoms. The highest BCUT2D eigenvalue weighted by molar-refractivity contribution is 6.05. The molecule has 4 rings (SSSR count). The maximum absolute atomic E-state index is 13.0. The third kappa shape index (κ3) is 4.17. The van der Waals surface area contributed by atoms with Crippen LogP contribution < -0.4 is 5.32 Å². The van der Waals surface area contributed by atoms with Gasteiger partial charge in [0.05, 0.1) is 28.7 Å². The molecule has 4 N–H and O–H groups in total. The smallest absolute Gasteiger partial charge is 0.269 e. The Morgan fingerprint density at radius 3 is 2.50 bits per heavy atom. The number of hydrogen-bond acceptors (Lipinski definition) is 7. The van der Waals surface area contributed by atoms with Gasteiger partial charge in [0.25, 0.3) is 11.6 Å². The van der Waals surface area contributed by atoms with Crippen molar-refractivity contribution in [3.05, 3.63) is 88.2 Å². The number of imidazole rings is 1. The molecule has 0 aliphatic carbocycles. The van der Waals surface area contributed by atoms with Crippen molar-refractivity contribution in [3.8, 4) is 11.4 Å². The summed E-state index contributed by atoms with van der Waals surface area (Å²) in [7, 11) is 0. The third-order valence-electron chi connectivity index (χ3n) is 5.05. The van der Waals surface area contributed by atoms with E-state index in [-0.39, 0.29) is 11.3 Å². The molecule has 1 amide bonds. The second-order valence-corrected chi connectivity index (χ2v) is 7.08. The quantitative estimate of drug-likeness (QED) is 0.258. The van der Waals surface area contributed by atoms with E-state index in [1.54, 1.807) is 42.7 Å². The standard InChI is InChI=1S/C22H19N5O5/c28-12-18(20(29)13-4-6-15(7-5-13)27(31)32)25-22(30)16-2-1-3-17-19(16)26-21(24-17)14-8-10-23-11-9-14/h1-11,18,20,28-29H,12H2,(H,24,26)(H,25,30)/t18-,20-/m1/s1. The molecule has 0 unspecified atom stereocenters. The lowest BCUT2D eigenvalue weighted by Gasteiger charge is -2.22. The number of H-pyrrole nitrogens is 1. The molecular formula is C22H19N5O5. The number of nitro benzene ring substituents is 1. The average Bonchev–Trinajstić information content (AvgIpc) is 3.27. The Bertz CT molecular complexity index is 1260. The molecule has 0 aliphatic rings. The predicted octanol–water partition coefficient (Wildman–Crippen LogP) is 2.36. The number of aromatic amines is 1. The monoisotopic (exact) mass is 433 g/mol. The highest BCUT2D eigenvalue weighted by Crippen LogP contribution is 2.24. The van der Waals surface area contributed by atoms with E-state index in [4.69, 9.17) is 0 Å². The van der Waals surface area contributed by atoms with Crippen LogP contribution in [0.3, 0.4) is 0 Å². The van der Waals surface area contributed by atoms with Crippen LogP contribution in [0.4, 0.5) is 5.69 Å². The summed E-state index contributed by atoms with van der Waals surface area (Å²) in [4.78, 5) is 34.9. The van der Waals surface area contributed by atoms with Crippen molar-refractivity contribution in [3.63, 3.8) is 0 Å². The van der Waals surface area contributed by atoms with Crippen molar-refractivity contribution in [2.75, 3.05) is 6.61 Å². The normalized spacial score (nSPS) is 12.9. The van der Waals surface area contributed by atoms with Gasteiger partial charge in [-0.25, -0.2) is 4.98 Å². The topological polar surface area (TPSA) is 154 Å². The van der Waals surface area contributed by atoms with E-state index in [9.17, 15) is 25.1 Å². The fourth-order valence-electron chi connectivity index (χ4n) is 3.36. The van der Waals surface area contributed by atoms with Gasteiger partial charge in [-0.3, -0.25) is 19.9 Å². The van der Waals surface area contributed by atoms with Crippen LogP contribution >= 0.6 is 0 Å². The first-order valence-corrected chi connectivity index (χ1v) is 9.71. The SMILES string of the molecule is O=C(N[C@H](CO)[C@H](O)c1ccc([N+](=O)[O-])cc1)c1cccc2[nH]c(-c3ccncc3)nc12. The number of non-ortho nitro benzene ring substituents is 1. The average molecular weight is 433 g/mol. The number of para-hydroxylation sites is 1. The molecule has 2 aromatic carbocycles. The van der Waals surface area contributed by atoms with Gasteiger partial charge in [0.2, 0.25) is 0 Å². The number of aliphatic hydroxyl groups excluding tert-OH is 2. The maximum atomic E-state index is 13.0. The molecule has 10 heteroatoms. The van der Waals surface area contributed by atoms with Crippen LogP contribution in [0.2, 0.25) is 0 Å². The maximum Gasteiger partial charge on any atom is 0.269 e. The molecule has 0 aliphatic heterocycles. The third-order valence-corrected chi connectivity index (χ3v) is 5.05. The molecule has 0 radical (unpaired) electrons. The Morgan fingerprint density at radius 2 is 1.84 bits per heavy atom. The van der Waals surface area contributed by atoms with Gasteiger partial charge in [0.15, 0.2) is 0 Å². The lowest BCUT2D eigenvalue weighted by Crippen LogP contribution is -2.42. The van der Waals surface area contributed by atoms with E-state index >= 15 is 0 Å².